The SMILES string of the molecule is N#CC1CNCCN1C(=O)Cc1cccc(F)c1F. The number of carbonyl (C=O) groups is 1. The third-order valence-corrected chi connectivity index (χ3v) is 3.09. The third-order valence-electron chi connectivity index (χ3n) is 3.09. The number of benzene rings is 1. The Hall–Kier alpha value is -2.00. The van der Waals surface area contributed by atoms with Crippen LogP contribution >= 0.6 is 0 Å². The molecule has 1 saturated heterocycles. The molecule has 1 unspecified atom stereocenters. The molecule has 1 fully saturated rings. The highest BCUT2D eigenvalue weighted by molar-refractivity contribution is 5.79. The average molecular weight is 265 g/mol. The number of rotatable bonds is 2. The van der Waals surface area contributed by atoms with E-state index in [4.69, 9.17) is 5.26 Å². The Labute approximate surface area is 109 Å². The molecule has 19 heavy (non-hydrogen) atoms. The number of halogens is 2. The Morgan fingerprint density at radius 1 is 1.53 bits per heavy atom. The van der Waals surface area contributed by atoms with Crippen LogP contribution in [0.15, 0.2) is 18.2 Å². The number of hydrogen-bond donors (Lipinski definition) is 1. The first kappa shape index (κ1) is 13.4. The zero-order valence-electron chi connectivity index (χ0n) is 10.2. The lowest BCUT2D eigenvalue weighted by molar-refractivity contribution is -0.132. The first-order valence-corrected chi connectivity index (χ1v) is 5.96. The fourth-order valence-electron chi connectivity index (χ4n) is 2.07. The molecule has 100 valence electrons. The molecule has 0 spiro atoms. The van der Waals surface area contributed by atoms with Crippen LogP contribution in [0.5, 0.6) is 0 Å². The van der Waals surface area contributed by atoms with E-state index in [1.807, 2.05) is 6.07 Å². The van der Waals surface area contributed by atoms with Crippen LogP contribution in [0.25, 0.3) is 0 Å². The number of hydrogen-bond acceptors (Lipinski definition) is 3. The van der Waals surface area contributed by atoms with Crippen LogP contribution in [0.3, 0.4) is 0 Å². The zero-order valence-corrected chi connectivity index (χ0v) is 10.2. The van der Waals surface area contributed by atoms with E-state index in [2.05, 4.69) is 5.32 Å². The van der Waals surface area contributed by atoms with Gasteiger partial charge in [0.1, 0.15) is 6.04 Å². The molecule has 1 amide bonds. The molecule has 1 aliphatic rings. The second-order valence-electron chi connectivity index (χ2n) is 4.33. The van der Waals surface area contributed by atoms with Crippen molar-refractivity contribution in [1.82, 2.24) is 10.2 Å². The van der Waals surface area contributed by atoms with Gasteiger partial charge >= 0.3 is 0 Å². The van der Waals surface area contributed by atoms with Gasteiger partial charge in [0.2, 0.25) is 5.91 Å². The summed E-state index contributed by atoms with van der Waals surface area (Å²) in [5, 5.41) is 12.0. The molecular formula is C13H13F2N3O. The fourth-order valence-corrected chi connectivity index (χ4v) is 2.07. The molecule has 0 radical (unpaired) electrons. The van der Waals surface area contributed by atoms with Crippen molar-refractivity contribution in [3.05, 3.63) is 35.4 Å². The summed E-state index contributed by atoms with van der Waals surface area (Å²) in [7, 11) is 0. The molecule has 0 aromatic heterocycles. The molecule has 1 aromatic carbocycles. The summed E-state index contributed by atoms with van der Waals surface area (Å²) >= 11 is 0. The van der Waals surface area contributed by atoms with Gasteiger partial charge in [-0.3, -0.25) is 4.79 Å². The third kappa shape index (κ3) is 2.88. The molecule has 4 nitrogen and oxygen atoms in total. The van der Waals surface area contributed by atoms with E-state index in [0.29, 0.717) is 19.6 Å². The van der Waals surface area contributed by atoms with E-state index >= 15 is 0 Å². The summed E-state index contributed by atoms with van der Waals surface area (Å²) < 4.78 is 26.5. The Morgan fingerprint density at radius 3 is 3.05 bits per heavy atom. The minimum absolute atomic E-state index is 0.0141. The molecular weight excluding hydrogens is 252 g/mol. The van der Waals surface area contributed by atoms with Gasteiger partial charge in [-0.25, -0.2) is 8.78 Å². The van der Waals surface area contributed by atoms with Gasteiger partial charge in [-0.05, 0) is 6.07 Å². The van der Waals surface area contributed by atoms with Gasteiger partial charge in [0.05, 0.1) is 12.5 Å². The van der Waals surface area contributed by atoms with Crippen molar-refractivity contribution in [3.8, 4) is 6.07 Å². The van der Waals surface area contributed by atoms with Crippen molar-refractivity contribution in [2.75, 3.05) is 19.6 Å². The predicted molar refractivity (Wildman–Crippen MR) is 64.0 cm³/mol. The van der Waals surface area contributed by atoms with Crippen LogP contribution in [0, 0.1) is 23.0 Å². The molecule has 0 bridgehead atoms. The number of piperazine rings is 1. The molecule has 0 saturated carbocycles. The molecule has 1 N–H and O–H groups in total. The zero-order chi connectivity index (χ0) is 13.8. The number of nitrogens with zero attached hydrogens (tertiary/aromatic N) is 2. The Bertz CT molecular complexity index is 527. The Morgan fingerprint density at radius 2 is 2.32 bits per heavy atom. The summed E-state index contributed by atoms with van der Waals surface area (Å²) in [6, 6.07) is 5.21. The predicted octanol–water partition coefficient (Wildman–Crippen LogP) is 0.831. The highest BCUT2D eigenvalue weighted by atomic mass is 19.2. The Balaban J connectivity index is 2.12. The van der Waals surface area contributed by atoms with E-state index < -0.39 is 17.7 Å². The van der Waals surface area contributed by atoms with Gasteiger partial charge in [-0.1, -0.05) is 12.1 Å². The number of amides is 1. The second kappa shape index (κ2) is 5.76. The molecule has 1 heterocycles. The van der Waals surface area contributed by atoms with Crippen LogP contribution in [0.2, 0.25) is 0 Å². The number of carbonyl (C=O) groups excluding carboxylic acids is 1. The summed E-state index contributed by atoms with van der Waals surface area (Å²) in [4.78, 5) is 13.5. The largest absolute Gasteiger partial charge is 0.324 e. The molecule has 0 aliphatic carbocycles. The molecule has 6 heteroatoms. The molecule has 2 rings (SSSR count). The van der Waals surface area contributed by atoms with Crippen molar-refractivity contribution in [3.63, 3.8) is 0 Å². The maximum absolute atomic E-state index is 13.5. The minimum atomic E-state index is -1.00. The van der Waals surface area contributed by atoms with Crippen LogP contribution in [-0.4, -0.2) is 36.5 Å². The van der Waals surface area contributed by atoms with Crippen LogP contribution in [0.4, 0.5) is 8.78 Å². The summed E-state index contributed by atoms with van der Waals surface area (Å²) in [6.45, 7) is 1.39. The molecule has 1 atom stereocenters. The van der Waals surface area contributed by atoms with Crippen molar-refractivity contribution in [1.29, 1.82) is 5.26 Å². The topological polar surface area (TPSA) is 56.1 Å². The van der Waals surface area contributed by atoms with Gasteiger partial charge in [0, 0.05) is 25.2 Å². The van der Waals surface area contributed by atoms with Gasteiger partial charge in [-0.15, -0.1) is 0 Å². The summed E-state index contributed by atoms with van der Waals surface area (Å²) in [5.41, 5.74) is 0.0141. The first-order chi connectivity index (χ1) is 9.13. The number of nitriles is 1. The second-order valence-corrected chi connectivity index (χ2v) is 4.33. The minimum Gasteiger partial charge on any atom is -0.324 e. The highest BCUT2D eigenvalue weighted by Gasteiger charge is 2.26. The van der Waals surface area contributed by atoms with Crippen molar-refractivity contribution >= 4 is 5.91 Å². The summed E-state index contributed by atoms with van der Waals surface area (Å²) in [6.07, 6.45) is -0.234. The van der Waals surface area contributed by atoms with E-state index in [0.717, 1.165) is 6.07 Å². The Kier molecular flexibility index (Phi) is 4.07. The van der Waals surface area contributed by atoms with Crippen LogP contribution < -0.4 is 5.32 Å². The molecule has 1 aromatic rings. The van der Waals surface area contributed by atoms with Gasteiger partial charge in [0.15, 0.2) is 11.6 Å². The summed E-state index contributed by atoms with van der Waals surface area (Å²) in [5.74, 6) is -2.33. The normalized spacial score (nSPS) is 19.0. The number of nitrogens with one attached hydrogen (secondary N) is 1. The standard InChI is InChI=1S/C13H13F2N3O/c14-11-3-1-2-9(13(11)15)6-12(19)18-5-4-17-8-10(18)7-16/h1-3,10,17H,4-6,8H2. The van der Waals surface area contributed by atoms with E-state index in [1.54, 1.807) is 0 Å². The van der Waals surface area contributed by atoms with Crippen molar-refractivity contribution < 1.29 is 13.6 Å². The van der Waals surface area contributed by atoms with Crippen LogP contribution in [-0.2, 0) is 11.2 Å². The van der Waals surface area contributed by atoms with E-state index in [-0.39, 0.29) is 17.9 Å². The van der Waals surface area contributed by atoms with Gasteiger partial charge < -0.3 is 10.2 Å². The average Bonchev–Trinajstić information content (AvgIpc) is 2.43. The quantitative estimate of drug-likeness (QED) is 0.861. The van der Waals surface area contributed by atoms with Crippen LogP contribution in [0.1, 0.15) is 5.56 Å². The highest BCUT2D eigenvalue weighted by Crippen LogP contribution is 2.14. The lowest BCUT2D eigenvalue weighted by Crippen LogP contribution is -2.53. The maximum Gasteiger partial charge on any atom is 0.228 e. The van der Waals surface area contributed by atoms with E-state index in [1.165, 1.54) is 17.0 Å². The monoisotopic (exact) mass is 265 g/mol. The van der Waals surface area contributed by atoms with Gasteiger partial charge in [0.25, 0.3) is 0 Å². The molecule has 1 aliphatic heterocycles. The van der Waals surface area contributed by atoms with E-state index in [9.17, 15) is 13.6 Å². The van der Waals surface area contributed by atoms with Crippen molar-refractivity contribution in [2.45, 2.75) is 12.5 Å². The smallest absolute Gasteiger partial charge is 0.228 e. The lowest BCUT2D eigenvalue weighted by Gasteiger charge is -2.32. The first-order valence-electron chi connectivity index (χ1n) is 5.96. The lowest BCUT2D eigenvalue weighted by atomic mass is 10.1. The maximum atomic E-state index is 13.5. The van der Waals surface area contributed by atoms with Crippen molar-refractivity contribution in [2.24, 2.45) is 0 Å². The van der Waals surface area contributed by atoms with Gasteiger partial charge in [-0.2, -0.15) is 5.26 Å². The fraction of sp³-hybridized carbons (Fsp3) is 0.385.